The summed E-state index contributed by atoms with van der Waals surface area (Å²) in [5, 5.41) is 7.65. The van der Waals surface area contributed by atoms with Crippen LogP contribution in [-0.4, -0.2) is 26.8 Å². The Labute approximate surface area is 92.1 Å². The summed E-state index contributed by atoms with van der Waals surface area (Å²) < 4.78 is 1.99. The van der Waals surface area contributed by atoms with Gasteiger partial charge in [-0.3, -0.25) is 4.68 Å². The van der Waals surface area contributed by atoms with Crippen molar-refractivity contribution >= 4 is 0 Å². The molecule has 0 spiro atoms. The summed E-state index contributed by atoms with van der Waals surface area (Å²) >= 11 is 0. The van der Waals surface area contributed by atoms with E-state index < -0.39 is 0 Å². The van der Waals surface area contributed by atoms with E-state index >= 15 is 0 Å². The quantitative estimate of drug-likeness (QED) is 0.803. The van der Waals surface area contributed by atoms with Crippen molar-refractivity contribution in [2.24, 2.45) is 0 Å². The van der Waals surface area contributed by atoms with E-state index in [1.807, 2.05) is 4.68 Å². The smallest absolute Gasteiger partial charge is 0.138 e. The van der Waals surface area contributed by atoms with Crippen LogP contribution < -0.4 is 5.32 Å². The number of nitrogens with zero attached hydrogens (tertiary/aromatic N) is 3. The molecule has 0 saturated carbocycles. The molecule has 0 saturated heterocycles. The zero-order valence-electron chi connectivity index (χ0n) is 10.2. The highest BCUT2D eigenvalue weighted by atomic mass is 15.3. The van der Waals surface area contributed by atoms with Gasteiger partial charge in [0.05, 0.1) is 0 Å². The molecule has 0 fully saturated rings. The normalized spacial score (nSPS) is 12.0. The van der Waals surface area contributed by atoms with Crippen LogP contribution >= 0.6 is 0 Å². The molecule has 1 N–H and O–H groups in total. The molecule has 1 rings (SSSR count). The molecule has 4 heteroatoms. The lowest BCUT2D eigenvalue weighted by Crippen LogP contribution is -2.37. The van der Waals surface area contributed by atoms with Gasteiger partial charge < -0.3 is 5.32 Å². The first-order chi connectivity index (χ1) is 7.03. The van der Waals surface area contributed by atoms with Crippen LogP contribution in [0.1, 0.15) is 39.9 Å². The van der Waals surface area contributed by atoms with Crippen molar-refractivity contribution in [2.45, 2.75) is 52.6 Å². The van der Waals surface area contributed by atoms with Gasteiger partial charge >= 0.3 is 0 Å². The Morgan fingerprint density at radius 1 is 1.40 bits per heavy atom. The molecule has 0 aliphatic rings. The Balaban J connectivity index is 2.40. The van der Waals surface area contributed by atoms with Crippen molar-refractivity contribution in [3.63, 3.8) is 0 Å². The number of nitrogens with one attached hydrogen (secondary N) is 1. The molecule has 1 aromatic heterocycles. The molecule has 0 aromatic carbocycles. The molecule has 0 amide bonds. The molecule has 0 aliphatic heterocycles. The molecule has 1 heterocycles. The Morgan fingerprint density at radius 3 is 2.73 bits per heavy atom. The average molecular weight is 210 g/mol. The van der Waals surface area contributed by atoms with Crippen molar-refractivity contribution in [2.75, 3.05) is 6.54 Å². The third-order valence-corrected chi connectivity index (χ3v) is 2.14. The van der Waals surface area contributed by atoms with Crippen LogP contribution in [0.25, 0.3) is 0 Å². The second-order valence-electron chi connectivity index (χ2n) is 4.83. The lowest BCUT2D eigenvalue weighted by atomic mass is 10.1. The molecule has 0 aliphatic carbocycles. The van der Waals surface area contributed by atoms with Gasteiger partial charge in [-0.1, -0.05) is 6.92 Å². The molecule has 4 nitrogen and oxygen atoms in total. The van der Waals surface area contributed by atoms with Crippen LogP contribution in [0.4, 0.5) is 0 Å². The van der Waals surface area contributed by atoms with E-state index in [-0.39, 0.29) is 5.54 Å². The van der Waals surface area contributed by atoms with Crippen LogP contribution in [0, 0.1) is 0 Å². The molecule has 0 radical (unpaired) electrons. The minimum absolute atomic E-state index is 0.176. The SMILES string of the molecule is CCCn1ncnc1CCNC(C)(C)C. The fourth-order valence-electron chi connectivity index (χ4n) is 1.43. The minimum Gasteiger partial charge on any atom is -0.312 e. The van der Waals surface area contributed by atoms with Crippen molar-refractivity contribution < 1.29 is 0 Å². The van der Waals surface area contributed by atoms with Gasteiger partial charge in [0.15, 0.2) is 0 Å². The van der Waals surface area contributed by atoms with Crippen LogP contribution in [0.2, 0.25) is 0 Å². The largest absolute Gasteiger partial charge is 0.312 e. The zero-order valence-corrected chi connectivity index (χ0v) is 10.2. The van der Waals surface area contributed by atoms with Crippen LogP contribution in [0.5, 0.6) is 0 Å². The first-order valence-electron chi connectivity index (χ1n) is 5.64. The fraction of sp³-hybridized carbons (Fsp3) is 0.818. The predicted molar refractivity (Wildman–Crippen MR) is 61.8 cm³/mol. The minimum atomic E-state index is 0.176. The van der Waals surface area contributed by atoms with E-state index in [4.69, 9.17) is 0 Å². The standard InChI is InChI=1S/C11H22N4/c1-5-8-15-10(12-9-14-15)6-7-13-11(2,3)4/h9,13H,5-8H2,1-4H3. The molecule has 0 atom stereocenters. The Morgan fingerprint density at radius 2 is 2.13 bits per heavy atom. The number of hydrogen-bond donors (Lipinski definition) is 1. The average Bonchev–Trinajstić information content (AvgIpc) is 2.51. The van der Waals surface area contributed by atoms with Gasteiger partial charge in [0.25, 0.3) is 0 Å². The van der Waals surface area contributed by atoms with Gasteiger partial charge in [0.2, 0.25) is 0 Å². The predicted octanol–water partition coefficient (Wildman–Crippen LogP) is 1.62. The third kappa shape index (κ3) is 4.42. The van der Waals surface area contributed by atoms with Crippen molar-refractivity contribution in [1.29, 1.82) is 0 Å². The van der Waals surface area contributed by atoms with Gasteiger partial charge in [-0.25, -0.2) is 4.98 Å². The van der Waals surface area contributed by atoms with E-state index in [1.54, 1.807) is 6.33 Å². The monoisotopic (exact) mass is 210 g/mol. The Bertz CT molecular complexity index is 285. The summed E-state index contributed by atoms with van der Waals surface area (Å²) in [7, 11) is 0. The van der Waals surface area contributed by atoms with E-state index in [1.165, 1.54) is 0 Å². The highest BCUT2D eigenvalue weighted by Gasteiger charge is 2.09. The summed E-state index contributed by atoms with van der Waals surface area (Å²) in [5.74, 6) is 1.08. The maximum atomic E-state index is 4.27. The highest BCUT2D eigenvalue weighted by molar-refractivity contribution is 4.86. The second-order valence-corrected chi connectivity index (χ2v) is 4.83. The van der Waals surface area contributed by atoms with Gasteiger partial charge in [0, 0.05) is 25.0 Å². The van der Waals surface area contributed by atoms with E-state index in [2.05, 4.69) is 43.1 Å². The third-order valence-electron chi connectivity index (χ3n) is 2.14. The van der Waals surface area contributed by atoms with E-state index in [9.17, 15) is 0 Å². The maximum Gasteiger partial charge on any atom is 0.138 e. The Hall–Kier alpha value is -0.900. The Kier molecular flexibility index (Phi) is 4.27. The highest BCUT2D eigenvalue weighted by Crippen LogP contribution is 2.00. The van der Waals surface area contributed by atoms with E-state index in [0.29, 0.717) is 0 Å². The van der Waals surface area contributed by atoms with Crippen molar-refractivity contribution in [1.82, 2.24) is 20.1 Å². The molecule has 86 valence electrons. The van der Waals surface area contributed by atoms with Gasteiger partial charge in [-0.15, -0.1) is 0 Å². The van der Waals surface area contributed by atoms with Gasteiger partial charge in [-0.2, -0.15) is 5.10 Å². The van der Waals surface area contributed by atoms with E-state index in [0.717, 1.165) is 31.8 Å². The van der Waals surface area contributed by atoms with Gasteiger partial charge in [-0.05, 0) is 27.2 Å². The number of hydrogen-bond acceptors (Lipinski definition) is 3. The first kappa shape index (κ1) is 12.2. The molecule has 1 aromatic rings. The van der Waals surface area contributed by atoms with Crippen molar-refractivity contribution in [3.05, 3.63) is 12.2 Å². The number of aryl methyl sites for hydroxylation is 1. The lowest BCUT2D eigenvalue weighted by molar-refractivity contribution is 0.423. The zero-order chi connectivity index (χ0) is 11.3. The molecule has 15 heavy (non-hydrogen) atoms. The summed E-state index contributed by atoms with van der Waals surface area (Å²) in [4.78, 5) is 4.27. The van der Waals surface area contributed by atoms with Crippen molar-refractivity contribution in [3.8, 4) is 0 Å². The first-order valence-corrected chi connectivity index (χ1v) is 5.64. The summed E-state index contributed by atoms with van der Waals surface area (Å²) in [5.41, 5.74) is 0.176. The molecular formula is C11H22N4. The summed E-state index contributed by atoms with van der Waals surface area (Å²) in [6, 6.07) is 0. The summed E-state index contributed by atoms with van der Waals surface area (Å²) in [6.45, 7) is 10.6. The fourth-order valence-corrected chi connectivity index (χ4v) is 1.43. The molecular weight excluding hydrogens is 188 g/mol. The number of rotatable bonds is 5. The second kappa shape index (κ2) is 5.26. The number of aromatic nitrogens is 3. The lowest BCUT2D eigenvalue weighted by Gasteiger charge is -2.20. The van der Waals surface area contributed by atoms with Crippen LogP contribution in [0.3, 0.4) is 0 Å². The molecule has 0 unspecified atom stereocenters. The topological polar surface area (TPSA) is 42.7 Å². The maximum absolute atomic E-state index is 4.27. The van der Waals surface area contributed by atoms with Crippen LogP contribution in [-0.2, 0) is 13.0 Å². The van der Waals surface area contributed by atoms with Crippen LogP contribution in [0.15, 0.2) is 6.33 Å². The summed E-state index contributed by atoms with van der Waals surface area (Å²) in [6.07, 6.45) is 3.68. The van der Waals surface area contributed by atoms with Gasteiger partial charge in [0.1, 0.15) is 12.2 Å². The molecule has 0 bridgehead atoms.